The van der Waals surface area contributed by atoms with Gasteiger partial charge in [-0.15, -0.1) is 0 Å². The highest BCUT2D eigenvalue weighted by atomic mass is 32.2. The number of hydrogen-bond acceptors (Lipinski definition) is 6. The first-order valence-corrected chi connectivity index (χ1v) is 11.9. The summed E-state index contributed by atoms with van der Waals surface area (Å²) in [6.45, 7) is 4.18. The number of morpholine rings is 1. The molecule has 1 N–H and O–H groups in total. The Morgan fingerprint density at radius 1 is 1.24 bits per heavy atom. The van der Waals surface area contributed by atoms with Crippen molar-refractivity contribution in [2.75, 3.05) is 59.3 Å². The minimum Gasteiger partial charge on any atom is -0.497 e. The number of sulfonamides is 1. The third-order valence-corrected chi connectivity index (χ3v) is 6.95. The number of nitrogens with zero attached hydrogens (tertiary/aromatic N) is 2. The number of methoxy groups -OCH3 is 1. The molecule has 3 rings (SSSR count). The molecule has 2 aliphatic rings. The number of rotatable bonds is 7. The van der Waals surface area contributed by atoms with Crippen molar-refractivity contribution < 1.29 is 22.7 Å². The molecule has 2 atom stereocenters. The second-order valence-electron chi connectivity index (χ2n) is 7.64. The van der Waals surface area contributed by atoms with Crippen molar-refractivity contribution >= 4 is 15.9 Å². The summed E-state index contributed by atoms with van der Waals surface area (Å²) in [5.74, 6) is 0.409. The molecule has 0 aliphatic carbocycles. The summed E-state index contributed by atoms with van der Waals surface area (Å²) >= 11 is 0. The first-order valence-electron chi connectivity index (χ1n) is 10.1. The average molecular weight is 426 g/mol. The van der Waals surface area contributed by atoms with Crippen molar-refractivity contribution in [2.24, 2.45) is 5.92 Å². The van der Waals surface area contributed by atoms with Crippen LogP contribution in [0.1, 0.15) is 24.4 Å². The van der Waals surface area contributed by atoms with Crippen molar-refractivity contribution in [3.05, 3.63) is 29.8 Å². The van der Waals surface area contributed by atoms with Crippen LogP contribution in [-0.4, -0.2) is 82.8 Å². The lowest BCUT2D eigenvalue weighted by molar-refractivity contribution is -0.126. The lowest BCUT2D eigenvalue weighted by atomic mass is 9.98. The standard InChI is InChI=1S/C20H31N3O5S/c1-27-18-7-5-16(6-8-18)19(22-10-12-28-13-11-22)14-21-20(24)17-4-3-9-23(15-17)29(2,25)26/h5-8,17,19H,3-4,9-15H2,1-2H3,(H,21,24). The molecule has 2 aliphatic heterocycles. The van der Waals surface area contributed by atoms with Gasteiger partial charge in [-0.05, 0) is 30.5 Å². The Balaban J connectivity index is 1.66. The maximum Gasteiger partial charge on any atom is 0.224 e. The topological polar surface area (TPSA) is 88.2 Å². The Bertz CT molecular complexity index is 778. The first-order chi connectivity index (χ1) is 13.9. The summed E-state index contributed by atoms with van der Waals surface area (Å²) in [5.41, 5.74) is 1.11. The van der Waals surface area contributed by atoms with Crippen molar-refractivity contribution in [1.29, 1.82) is 0 Å². The van der Waals surface area contributed by atoms with Crippen LogP contribution < -0.4 is 10.1 Å². The van der Waals surface area contributed by atoms with Gasteiger partial charge in [0, 0.05) is 32.7 Å². The van der Waals surface area contributed by atoms with Gasteiger partial charge in [0.2, 0.25) is 15.9 Å². The monoisotopic (exact) mass is 425 g/mol. The van der Waals surface area contributed by atoms with Crippen molar-refractivity contribution in [2.45, 2.75) is 18.9 Å². The number of ether oxygens (including phenoxy) is 2. The summed E-state index contributed by atoms with van der Waals surface area (Å²) in [6, 6.07) is 7.93. The molecule has 2 saturated heterocycles. The normalized spacial score (nSPS) is 22.8. The van der Waals surface area contributed by atoms with Crippen molar-refractivity contribution in [3.8, 4) is 5.75 Å². The van der Waals surface area contributed by atoms with Crippen LogP contribution in [-0.2, 0) is 19.6 Å². The van der Waals surface area contributed by atoms with Gasteiger partial charge >= 0.3 is 0 Å². The minimum absolute atomic E-state index is 0.0309. The predicted octanol–water partition coefficient (Wildman–Crippen LogP) is 0.856. The van der Waals surface area contributed by atoms with Crippen LogP contribution in [0.25, 0.3) is 0 Å². The van der Waals surface area contributed by atoms with Gasteiger partial charge in [0.1, 0.15) is 5.75 Å². The quantitative estimate of drug-likeness (QED) is 0.697. The van der Waals surface area contributed by atoms with E-state index < -0.39 is 10.0 Å². The van der Waals surface area contributed by atoms with Gasteiger partial charge in [-0.3, -0.25) is 9.69 Å². The number of piperidine rings is 1. The van der Waals surface area contributed by atoms with E-state index in [4.69, 9.17) is 9.47 Å². The molecule has 0 saturated carbocycles. The maximum atomic E-state index is 12.8. The molecular formula is C20H31N3O5S. The number of carbonyl (C=O) groups is 1. The molecule has 0 spiro atoms. The largest absolute Gasteiger partial charge is 0.497 e. The van der Waals surface area contributed by atoms with E-state index in [-0.39, 0.29) is 24.4 Å². The molecule has 2 unspecified atom stereocenters. The molecule has 2 fully saturated rings. The molecule has 1 amide bonds. The van der Waals surface area contributed by atoms with E-state index in [1.165, 1.54) is 10.6 Å². The third kappa shape index (κ3) is 5.91. The molecule has 0 radical (unpaired) electrons. The van der Waals surface area contributed by atoms with Crippen LogP contribution in [0, 0.1) is 5.92 Å². The van der Waals surface area contributed by atoms with E-state index in [0.717, 1.165) is 24.4 Å². The fourth-order valence-corrected chi connectivity index (χ4v) is 4.88. The van der Waals surface area contributed by atoms with E-state index in [1.807, 2.05) is 24.3 Å². The van der Waals surface area contributed by atoms with Crippen LogP contribution in [0.4, 0.5) is 0 Å². The van der Waals surface area contributed by atoms with Crippen LogP contribution in [0.3, 0.4) is 0 Å². The Morgan fingerprint density at radius 2 is 1.93 bits per heavy atom. The molecule has 0 bridgehead atoms. The minimum atomic E-state index is -3.27. The van der Waals surface area contributed by atoms with E-state index >= 15 is 0 Å². The summed E-state index contributed by atoms with van der Waals surface area (Å²) in [6.07, 6.45) is 2.62. The molecule has 9 heteroatoms. The predicted molar refractivity (Wildman–Crippen MR) is 110 cm³/mol. The highest BCUT2D eigenvalue weighted by molar-refractivity contribution is 7.88. The van der Waals surface area contributed by atoms with Crippen LogP contribution in [0.2, 0.25) is 0 Å². The summed E-state index contributed by atoms with van der Waals surface area (Å²) < 4.78 is 35.8. The van der Waals surface area contributed by atoms with Crippen molar-refractivity contribution in [3.63, 3.8) is 0 Å². The van der Waals surface area contributed by atoms with E-state index in [9.17, 15) is 13.2 Å². The lowest BCUT2D eigenvalue weighted by Gasteiger charge is -2.35. The Kier molecular flexibility index (Phi) is 7.50. The second-order valence-corrected chi connectivity index (χ2v) is 9.63. The fourth-order valence-electron chi connectivity index (χ4n) is 3.97. The van der Waals surface area contributed by atoms with Gasteiger partial charge in [-0.1, -0.05) is 12.1 Å². The van der Waals surface area contributed by atoms with E-state index in [0.29, 0.717) is 39.1 Å². The lowest BCUT2D eigenvalue weighted by Crippen LogP contribution is -2.48. The highest BCUT2D eigenvalue weighted by Gasteiger charge is 2.31. The molecule has 0 aromatic heterocycles. The molecular weight excluding hydrogens is 394 g/mol. The molecule has 2 heterocycles. The summed E-state index contributed by atoms with van der Waals surface area (Å²) in [4.78, 5) is 15.1. The zero-order valence-corrected chi connectivity index (χ0v) is 18.0. The smallest absolute Gasteiger partial charge is 0.224 e. The Morgan fingerprint density at radius 3 is 2.55 bits per heavy atom. The van der Waals surface area contributed by atoms with Crippen LogP contribution >= 0.6 is 0 Å². The fraction of sp³-hybridized carbons (Fsp3) is 0.650. The van der Waals surface area contributed by atoms with Crippen LogP contribution in [0.15, 0.2) is 24.3 Å². The molecule has 162 valence electrons. The SMILES string of the molecule is COc1ccc(C(CNC(=O)C2CCCN(S(C)(=O)=O)C2)N2CCOCC2)cc1. The molecule has 1 aromatic rings. The van der Waals surface area contributed by atoms with Gasteiger partial charge in [-0.2, -0.15) is 0 Å². The Hall–Kier alpha value is -1.68. The number of benzene rings is 1. The van der Waals surface area contributed by atoms with E-state index in [2.05, 4.69) is 10.2 Å². The molecule has 8 nitrogen and oxygen atoms in total. The number of hydrogen-bond donors (Lipinski definition) is 1. The number of carbonyl (C=O) groups excluding carboxylic acids is 1. The van der Waals surface area contributed by atoms with Gasteiger partial charge in [-0.25, -0.2) is 12.7 Å². The highest BCUT2D eigenvalue weighted by Crippen LogP contribution is 2.24. The van der Waals surface area contributed by atoms with Crippen molar-refractivity contribution in [1.82, 2.24) is 14.5 Å². The van der Waals surface area contributed by atoms with Crippen LogP contribution in [0.5, 0.6) is 5.75 Å². The summed E-state index contributed by atoms with van der Waals surface area (Å²) in [5, 5.41) is 3.07. The van der Waals surface area contributed by atoms with Gasteiger partial charge < -0.3 is 14.8 Å². The molecule has 29 heavy (non-hydrogen) atoms. The van der Waals surface area contributed by atoms with Gasteiger partial charge in [0.25, 0.3) is 0 Å². The number of nitrogens with one attached hydrogen (secondary N) is 1. The Labute approximate surface area is 173 Å². The zero-order chi connectivity index (χ0) is 20.9. The average Bonchev–Trinajstić information content (AvgIpc) is 2.74. The zero-order valence-electron chi connectivity index (χ0n) is 17.2. The third-order valence-electron chi connectivity index (χ3n) is 5.68. The van der Waals surface area contributed by atoms with E-state index in [1.54, 1.807) is 7.11 Å². The van der Waals surface area contributed by atoms with Gasteiger partial charge in [0.15, 0.2) is 0 Å². The van der Waals surface area contributed by atoms with Gasteiger partial charge in [0.05, 0.1) is 38.5 Å². The molecule has 1 aromatic carbocycles. The maximum absolute atomic E-state index is 12.8. The summed E-state index contributed by atoms with van der Waals surface area (Å²) in [7, 11) is -1.63. The second kappa shape index (κ2) is 9.88. The first kappa shape index (κ1) is 22.0. The number of amides is 1.